The maximum atomic E-state index is 11.0. The van der Waals surface area contributed by atoms with Gasteiger partial charge in [-0.2, -0.15) is 8.42 Å². The van der Waals surface area contributed by atoms with Crippen LogP contribution in [0.1, 0.15) is 52.9 Å². The number of fused-ring (bicyclic) bond motifs is 1. The molecule has 0 aliphatic heterocycles. The molecular formula is C15H28O7S. The highest BCUT2D eigenvalue weighted by Gasteiger charge is 2.59. The maximum Gasteiger partial charge on any atom is 0.397 e. The molecule has 0 radical (unpaired) electrons. The third kappa shape index (κ3) is 3.72. The summed E-state index contributed by atoms with van der Waals surface area (Å²) in [5.74, 6) is -0.331. The van der Waals surface area contributed by atoms with Crippen LogP contribution in [0.25, 0.3) is 0 Å². The van der Waals surface area contributed by atoms with Gasteiger partial charge in [-0.05, 0) is 63.7 Å². The third-order valence-electron chi connectivity index (χ3n) is 6.11. The summed E-state index contributed by atoms with van der Waals surface area (Å²) < 4.78 is 34.6. The van der Waals surface area contributed by atoms with Gasteiger partial charge in [0, 0.05) is 0 Å². The van der Waals surface area contributed by atoms with Crippen LogP contribution in [0.3, 0.4) is 0 Å². The van der Waals surface area contributed by atoms with Crippen molar-refractivity contribution in [3.05, 3.63) is 0 Å². The Kier molecular flexibility index (Phi) is 4.92. The first-order chi connectivity index (χ1) is 10.3. The molecule has 6 atom stereocenters. The van der Waals surface area contributed by atoms with Gasteiger partial charge in [0.25, 0.3) is 0 Å². The molecule has 0 aromatic rings. The standard InChI is InChI=1S/C15H28O7S/c1-10-4-7-15(18)12(10)8-11(5-6-14(15,3)17)13(2,16)9-22-23(19,20)21/h10-12,16-18H,4-9H2,1-3H3,(H,19,20,21). The van der Waals surface area contributed by atoms with Gasteiger partial charge in [-0.15, -0.1) is 0 Å². The summed E-state index contributed by atoms with van der Waals surface area (Å²) in [7, 11) is -4.63. The Hall–Kier alpha value is -0.250. The van der Waals surface area contributed by atoms with E-state index in [9.17, 15) is 23.7 Å². The monoisotopic (exact) mass is 352 g/mol. The third-order valence-corrected chi connectivity index (χ3v) is 6.53. The smallest absolute Gasteiger partial charge is 0.387 e. The predicted molar refractivity (Wildman–Crippen MR) is 82.9 cm³/mol. The fourth-order valence-corrected chi connectivity index (χ4v) is 4.76. The summed E-state index contributed by atoms with van der Waals surface area (Å²) in [5.41, 5.74) is -3.93. The largest absolute Gasteiger partial charge is 0.397 e. The van der Waals surface area contributed by atoms with Crippen molar-refractivity contribution in [2.75, 3.05) is 6.61 Å². The summed E-state index contributed by atoms with van der Waals surface area (Å²) in [4.78, 5) is 0. The lowest BCUT2D eigenvalue weighted by atomic mass is 9.72. The average molecular weight is 352 g/mol. The Bertz CT molecular complexity index is 542. The Morgan fingerprint density at radius 1 is 1.26 bits per heavy atom. The van der Waals surface area contributed by atoms with Gasteiger partial charge < -0.3 is 15.3 Å². The van der Waals surface area contributed by atoms with Crippen LogP contribution in [0.4, 0.5) is 0 Å². The fourth-order valence-electron chi connectivity index (χ4n) is 4.37. The van der Waals surface area contributed by atoms with Crippen molar-refractivity contribution in [1.82, 2.24) is 0 Å². The molecular weight excluding hydrogens is 324 g/mol. The first kappa shape index (κ1) is 19.1. The summed E-state index contributed by atoms with van der Waals surface area (Å²) >= 11 is 0. The molecule has 0 amide bonds. The SMILES string of the molecule is CC1CCC2(O)C1CC(C(C)(O)COS(=O)(=O)O)CCC2(C)O. The Balaban J connectivity index is 2.22. The first-order valence-electron chi connectivity index (χ1n) is 8.07. The molecule has 7 nitrogen and oxygen atoms in total. The van der Waals surface area contributed by atoms with Crippen LogP contribution in [0.15, 0.2) is 0 Å². The quantitative estimate of drug-likeness (QED) is 0.554. The van der Waals surface area contributed by atoms with Gasteiger partial charge in [0.1, 0.15) is 0 Å². The number of rotatable bonds is 4. The second-order valence-electron chi connectivity index (χ2n) is 7.84. The van der Waals surface area contributed by atoms with Gasteiger partial charge in [0.15, 0.2) is 0 Å². The van der Waals surface area contributed by atoms with Gasteiger partial charge in [0.2, 0.25) is 0 Å². The molecule has 4 N–H and O–H groups in total. The lowest BCUT2D eigenvalue weighted by Crippen LogP contribution is -2.54. The predicted octanol–water partition coefficient (Wildman–Crippen LogP) is 0.885. The molecule has 0 bridgehead atoms. The number of hydrogen-bond donors (Lipinski definition) is 4. The van der Waals surface area contributed by atoms with E-state index >= 15 is 0 Å². The molecule has 23 heavy (non-hydrogen) atoms. The molecule has 2 saturated carbocycles. The van der Waals surface area contributed by atoms with Gasteiger partial charge in [-0.1, -0.05) is 6.92 Å². The van der Waals surface area contributed by atoms with Crippen molar-refractivity contribution in [3.63, 3.8) is 0 Å². The van der Waals surface area contributed by atoms with Crippen LogP contribution in [0, 0.1) is 17.8 Å². The summed E-state index contributed by atoms with van der Waals surface area (Å²) in [6, 6.07) is 0. The van der Waals surface area contributed by atoms with Crippen LogP contribution < -0.4 is 0 Å². The lowest BCUT2D eigenvalue weighted by Gasteiger charge is -2.42. The maximum absolute atomic E-state index is 11.0. The molecule has 136 valence electrons. The van der Waals surface area contributed by atoms with Gasteiger partial charge in [-0.3, -0.25) is 4.55 Å². The Morgan fingerprint density at radius 2 is 1.87 bits per heavy atom. The van der Waals surface area contributed by atoms with E-state index in [1.165, 1.54) is 6.92 Å². The van der Waals surface area contributed by atoms with E-state index in [1.54, 1.807) is 6.92 Å². The lowest BCUT2D eigenvalue weighted by molar-refractivity contribution is -0.163. The zero-order valence-corrected chi connectivity index (χ0v) is 14.7. The fraction of sp³-hybridized carbons (Fsp3) is 1.00. The summed E-state index contributed by atoms with van der Waals surface area (Å²) in [6.07, 6.45) is 2.52. The van der Waals surface area contributed by atoms with E-state index in [0.717, 1.165) is 6.42 Å². The highest BCUT2D eigenvalue weighted by molar-refractivity contribution is 7.80. The normalized spacial score (nSPS) is 44.4. The highest BCUT2D eigenvalue weighted by Crippen LogP contribution is 2.54. The molecule has 0 spiro atoms. The zero-order chi connectivity index (χ0) is 17.7. The molecule has 2 rings (SSSR count). The molecule has 2 fully saturated rings. The van der Waals surface area contributed by atoms with Crippen molar-refractivity contribution in [3.8, 4) is 0 Å². The van der Waals surface area contributed by atoms with Crippen LogP contribution in [0.2, 0.25) is 0 Å². The van der Waals surface area contributed by atoms with Crippen LogP contribution in [-0.2, 0) is 14.6 Å². The van der Waals surface area contributed by atoms with E-state index in [2.05, 4.69) is 4.18 Å². The van der Waals surface area contributed by atoms with Crippen LogP contribution in [-0.4, -0.2) is 51.7 Å². The minimum atomic E-state index is -4.63. The summed E-state index contributed by atoms with van der Waals surface area (Å²) in [6.45, 7) is 4.55. The van der Waals surface area contributed by atoms with E-state index < -0.39 is 33.8 Å². The molecule has 0 saturated heterocycles. The van der Waals surface area contributed by atoms with E-state index in [1.807, 2.05) is 6.92 Å². The van der Waals surface area contributed by atoms with Gasteiger partial charge >= 0.3 is 10.4 Å². The molecule has 2 aliphatic carbocycles. The Labute approximate surface area is 137 Å². The van der Waals surface area contributed by atoms with Crippen LogP contribution >= 0.6 is 0 Å². The topological polar surface area (TPSA) is 124 Å². The second kappa shape index (κ2) is 5.93. The molecule has 2 aliphatic rings. The van der Waals surface area contributed by atoms with Gasteiger partial charge in [-0.25, -0.2) is 4.18 Å². The Morgan fingerprint density at radius 3 is 2.43 bits per heavy atom. The molecule has 0 aromatic carbocycles. The van der Waals surface area contributed by atoms with Crippen molar-refractivity contribution >= 4 is 10.4 Å². The molecule has 8 heteroatoms. The van der Waals surface area contributed by atoms with E-state index in [0.29, 0.717) is 25.7 Å². The molecule has 0 heterocycles. The molecule has 0 aromatic heterocycles. The van der Waals surface area contributed by atoms with Crippen LogP contribution in [0.5, 0.6) is 0 Å². The molecule has 6 unspecified atom stereocenters. The average Bonchev–Trinajstić information content (AvgIpc) is 2.63. The van der Waals surface area contributed by atoms with Crippen molar-refractivity contribution in [1.29, 1.82) is 0 Å². The highest BCUT2D eigenvalue weighted by atomic mass is 32.3. The number of aliphatic hydroxyl groups is 3. The van der Waals surface area contributed by atoms with Crippen molar-refractivity contribution in [2.24, 2.45) is 17.8 Å². The summed E-state index contributed by atoms with van der Waals surface area (Å²) in [5, 5.41) is 32.4. The minimum absolute atomic E-state index is 0.179. The van der Waals surface area contributed by atoms with Crippen molar-refractivity contribution < 1.29 is 32.5 Å². The zero-order valence-electron chi connectivity index (χ0n) is 13.9. The first-order valence-corrected chi connectivity index (χ1v) is 9.44. The number of hydrogen-bond acceptors (Lipinski definition) is 6. The van der Waals surface area contributed by atoms with Crippen molar-refractivity contribution in [2.45, 2.75) is 69.7 Å². The second-order valence-corrected chi connectivity index (χ2v) is 8.93. The van der Waals surface area contributed by atoms with E-state index in [-0.39, 0.29) is 17.8 Å². The minimum Gasteiger partial charge on any atom is -0.387 e. The van der Waals surface area contributed by atoms with Gasteiger partial charge in [0.05, 0.1) is 23.4 Å². The van der Waals surface area contributed by atoms with E-state index in [4.69, 9.17) is 4.55 Å².